The maximum absolute atomic E-state index is 11.7. The smallest absolute Gasteiger partial charge is 0.237 e. The first-order valence-electron chi connectivity index (χ1n) is 7.78. The molecule has 0 aromatic carbocycles. The summed E-state index contributed by atoms with van der Waals surface area (Å²) >= 11 is 0. The molecule has 1 fully saturated rings. The average molecular weight is 269 g/mol. The highest BCUT2D eigenvalue weighted by molar-refractivity contribution is 5.81. The third-order valence-corrected chi connectivity index (χ3v) is 3.84. The predicted molar refractivity (Wildman–Crippen MR) is 80.2 cm³/mol. The van der Waals surface area contributed by atoms with E-state index in [1.165, 1.54) is 25.8 Å². The van der Waals surface area contributed by atoms with E-state index >= 15 is 0 Å². The zero-order valence-electron chi connectivity index (χ0n) is 13.0. The van der Waals surface area contributed by atoms with E-state index in [1.807, 2.05) is 20.8 Å². The number of amides is 1. The van der Waals surface area contributed by atoms with Gasteiger partial charge in [-0.25, -0.2) is 0 Å². The van der Waals surface area contributed by atoms with E-state index in [-0.39, 0.29) is 18.0 Å². The second kappa shape index (κ2) is 8.54. The molecule has 1 heterocycles. The molecule has 0 aromatic rings. The summed E-state index contributed by atoms with van der Waals surface area (Å²) in [6, 6.07) is 0.850. The Kier molecular flexibility index (Phi) is 7.39. The number of likely N-dealkylation sites (tertiary alicyclic amines) is 1. The highest BCUT2D eigenvalue weighted by Gasteiger charge is 2.17. The van der Waals surface area contributed by atoms with E-state index in [0.29, 0.717) is 0 Å². The molecular weight excluding hydrogens is 238 g/mol. The highest BCUT2D eigenvalue weighted by Crippen LogP contribution is 2.15. The predicted octanol–water partition coefficient (Wildman–Crippen LogP) is 1.75. The van der Waals surface area contributed by atoms with Crippen molar-refractivity contribution in [3.05, 3.63) is 0 Å². The molecule has 2 atom stereocenters. The standard InChI is InChI=1S/C15H31N3O/c1-12(2)17-15(19)14(4)16-9-7-11-18-10-6-5-8-13(18)3/h12-14,16H,5-11H2,1-4H3,(H,17,19). The number of hydrogen-bond donors (Lipinski definition) is 2. The van der Waals surface area contributed by atoms with Crippen molar-refractivity contribution in [2.45, 2.75) is 71.5 Å². The molecule has 0 bridgehead atoms. The van der Waals surface area contributed by atoms with Gasteiger partial charge in [-0.2, -0.15) is 0 Å². The lowest BCUT2D eigenvalue weighted by Gasteiger charge is -2.33. The van der Waals surface area contributed by atoms with Gasteiger partial charge in [0, 0.05) is 12.1 Å². The molecule has 0 radical (unpaired) electrons. The fraction of sp³-hybridized carbons (Fsp3) is 0.933. The van der Waals surface area contributed by atoms with Gasteiger partial charge in [-0.3, -0.25) is 4.79 Å². The summed E-state index contributed by atoms with van der Waals surface area (Å²) in [5.74, 6) is 0.0985. The SMILES string of the molecule is CC(C)NC(=O)C(C)NCCCN1CCCCC1C. The maximum atomic E-state index is 11.7. The Morgan fingerprint density at radius 1 is 1.32 bits per heavy atom. The van der Waals surface area contributed by atoms with Crippen LogP contribution in [0.1, 0.15) is 53.4 Å². The van der Waals surface area contributed by atoms with Crippen molar-refractivity contribution in [1.82, 2.24) is 15.5 Å². The van der Waals surface area contributed by atoms with Crippen LogP contribution < -0.4 is 10.6 Å². The first-order chi connectivity index (χ1) is 9.00. The van der Waals surface area contributed by atoms with Crippen molar-refractivity contribution in [3.63, 3.8) is 0 Å². The van der Waals surface area contributed by atoms with Crippen LogP contribution in [-0.4, -0.2) is 48.6 Å². The van der Waals surface area contributed by atoms with Gasteiger partial charge in [0.2, 0.25) is 5.91 Å². The van der Waals surface area contributed by atoms with Crippen molar-refractivity contribution >= 4 is 5.91 Å². The molecule has 0 aromatic heterocycles. The lowest BCUT2D eigenvalue weighted by atomic mass is 10.0. The van der Waals surface area contributed by atoms with Crippen molar-refractivity contribution in [3.8, 4) is 0 Å². The van der Waals surface area contributed by atoms with Gasteiger partial charge in [-0.1, -0.05) is 6.42 Å². The molecule has 1 aliphatic heterocycles. The maximum Gasteiger partial charge on any atom is 0.237 e. The van der Waals surface area contributed by atoms with Crippen LogP contribution in [0.4, 0.5) is 0 Å². The van der Waals surface area contributed by atoms with Crippen LogP contribution in [0.3, 0.4) is 0 Å². The number of nitrogens with zero attached hydrogens (tertiary/aromatic N) is 1. The van der Waals surface area contributed by atoms with Crippen LogP contribution in [0.15, 0.2) is 0 Å². The Balaban J connectivity index is 2.11. The van der Waals surface area contributed by atoms with Gasteiger partial charge in [0.1, 0.15) is 0 Å². The molecule has 0 spiro atoms. The number of nitrogens with one attached hydrogen (secondary N) is 2. The summed E-state index contributed by atoms with van der Waals surface area (Å²) in [7, 11) is 0. The van der Waals surface area contributed by atoms with Crippen molar-refractivity contribution < 1.29 is 4.79 Å². The van der Waals surface area contributed by atoms with Crippen molar-refractivity contribution in [2.24, 2.45) is 0 Å². The summed E-state index contributed by atoms with van der Waals surface area (Å²) in [5.41, 5.74) is 0. The zero-order valence-corrected chi connectivity index (χ0v) is 13.0. The minimum atomic E-state index is -0.0961. The molecule has 0 aliphatic carbocycles. The van der Waals surface area contributed by atoms with Gasteiger partial charge in [-0.15, -0.1) is 0 Å². The molecule has 4 nitrogen and oxygen atoms in total. The monoisotopic (exact) mass is 269 g/mol. The molecule has 1 rings (SSSR count). The second-order valence-corrected chi connectivity index (χ2v) is 6.07. The van der Waals surface area contributed by atoms with Crippen molar-refractivity contribution in [2.75, 3.05) is 19.6 Å². The van der Waals surface area contributed by atoms with E-state index in [0.717, 1.165) is 25.6 Å². The summed E-state index contributed by atoms with van der Waals surface area (Å²) in [5, 5.41) is 6.23. The Hall–Kier alpha value is -0.610. The Labute approximate surface area is 118 Å². The number of hydrogen-bond acceptors (Lipinski definition) is 3. The quantitative estimate of drug-likeness (QED) is 0.692. The van der Waals surface area contributed by atoms with Gasteiger partial charge in [0.15, 0.2) is 0 Å². The minimum Gasteiger partial charge on any atom is -0.353 e. The molecule has 4 heteroatoms. The van der Waals surface area contributed by atoms with E-state index < -0.39 is 0 Å². The zero-order chi connectivity index (χ0) is 14.3. The lowest BCUT2D eigenvalue weighted by Crippen LogP contribution is -2.45. The summed E-state index contributed by atoms with van der Waals surface area (Å²) < 4.78 is 0. The molecule has 19 heavy (non-hydrogen) atoms. The van der Waals surface area contributed by atoms with Gasteiger partial charge >= 0.3 is 0 Å². The molecule has 0 saturated carbocycles. The van der Waals surface area contributed by atoms with Crippen LogP contribution in [-0.2, 0) is 4.79 Å². The average Bonchev–Trinajstić information content (AvgIpc) is 2.35. The Bertz CT molecular complexity index is 268. The molecule has 112 valence electrons. The number of carbonyl (C=O) groups excluding carboxylic acids is 1. The fourth-order valence-corrected chi connectivity index (χ4v) is 2.59. The first kappa shape index (κ1) is 16.4. The normalized spacial score (nSPS) is 22.5. The Morgan fingerprint density at radius 3 is 2.68 bits per heavy atom. The summed E-state index contributed by atoms with van der Waals surface area (Å²) in [6.07, 6.45) is 5.16. The van der Waals surface area contributed by atoms with E-state index in [9.17, 15) is 4.79 Å². The number of carbonyl (C=O) groups is 1. The fourth-order valence-electron chi connectivity index (χ4n) is 2.59. The van der Waals surface area contributed by atoms with E-state index in [2.05, 4.69) is 22.5 Å². The van der Waals surface area contributed by atoms with E-state index in [4.69, 9.17) is 0 Å². The van der Waals surface area contributed by atoms with Gasteiger partial charge in [0.25, 0.3) is 0 Å². The van der Waals surface area contributed by atoms with Gasteiger partial charge < -0.3 is 15.5 Å². The molecule has 1 saturated heterocycles. The molecule has 1 amide bonds. The molecular formula is C15H31N3O. The third-order valence-electron chi connectivity index (χ3n) is 3.84. The largest absolute Gasteiger partial charge is 0.353 e. The van der Waals surface area contributed by atoms with Crippen LogP contribution in [0.25, 0.3) is 0 Å². The molecule has 1 aliphatic rings. The highest BCUT2D eigenvalue weighted by atomic mass is 16.2. The number of piperidine rings is 1. The van der Waals surface area contributed by atoms with Crippen LogP contribution >= 0.6 is 0 Å². The summed E-state index contributed by atoms with van der Waals surface area (Å²) in [6.45, 7) is 11.5. The van der Waals surface area contributed by atoms with Gasteiger partial charge in [-0.05, 0) is 66.6 Å². The van der Waals surface area contributed by atoms with Crippen LogP contribution in [0, 0.1) is 0 Å². The lowest BCUT2D eigenvalue weighted by molar-refractivity contribution is -0.123. The van der Waals surface area contributed by atoms with Crippen LogP contribution in [0.2, 0.25) is 0 Å². The third kappa shape index (κ3) is 6.39. The van der Waals surface area contributed by atoms with Gasteiger partial charge in [0.05, 0.1) is 6.04 Å². The molecule has 2 N–H and O–H groups in total. The second-order valence-electron chi connectivity index (χ2n) is 6.07. The summed E-state index contributed by atoms with van der Waals surface area (Å²) in [4.78, 5) is 14.3. The van der Waals surface area contributed by atoms with Crippen molar-refractivity contribution in [1.29, 1.82) is 0 Å². The Morgan fingerprint density at radius 2 is 2.05 bits per heavy atom. The first-order valence-corrected chi connectivity index (χ1v) is 7.78. The minimum absolute atomic E-state index is 0.0961. The molecule has 2 unspecified atom stereocenters. The van der Waals surface area contributed by atoms with E-state index in [1.54, 1.807) is 0 Å². The number of rotatable bonds is 7. The van der Waals surface area contributed by atoms with Crippen LogP contribution in [0.5, 0.6) is 0 Å². The topological polar surface area (TPSA) is 44.4 Å².